The summed E-state index contributed by atoms with van der Waals surface area (Å²) < 4.78 is 33.8. The third-order valence-electron chi connectivity index (χ3n) is 9.34. The maximum atomic E-state index is 14.7. The normalized spacial score (nSPS) is 17.8. The molecule has 12 nitrogen and oxygen atoms in total. The maximum absolute atomic E-state index is 14.7. The molecule has 4 heterocycles. The Morgan fingerprint density at radius 3 is 2.08 bits per heavy atom. The van der Waals surface area contributed by atoms with Gasteiger partial charge in [0.2, 0.25) is 0 Å². The van der Waals surface area contributed by atoms with Crippen LogP contribution in [-0.4, -0.2) is 82.0 Å². The minimum absolute atomic E-state index is 0.0153. The number of carboxylic acid groups (broad SMARTS) is 1. The SMILES string of the molecule is O=C(O)c1cccc(S(=O)(=O)N2c3ccc(C(=O)N4CCN(CCn5ccnc5)CC4)c(=O)n3C(c3ccc(Cl)cc3)C2c2ccc(Cl)cc2)c1. The molecule has 0 radical (unpaired) electrons. The molecule has 5 aromatic rings. The van der Waals surface area contributed by atoms with Crippen LogP contribution in [0, 0.1) is 0 Å². The molecule has 2 aliphatic rings. The van der Waals surface area contributed by atoms with E-state index in [2.05, 4.69) is 9.88 Å². The van der Waals surface area contributed by atoms with Crippen molar-refractivity contribution in [2.75, 3.05) is 37.0 Å². The summed E-state index contributed by atoms with van der Waals surface area (Å²) in [7, 11) is -4.52. The van der Waals surface area contributed by atoms with Gasteiger partial charge in [-0.05, 0) is 65.7 Å². The molecule has 0 saturated carbocycles. The second-order valence-electron chi connectivity index (χ2n) is 12.3. The fourth-order valence-electron chi connectivity index (χ4n) is 6.73. The number of anilines is 1. The number of aromatic carboxylic acids is 1. The summed E-state index contributed by atoms with van der Waals surface area (Å²) in [6.45, 7) is 3.63. The van der Waals surface area contributed by atoms with Crippen LogP contribution >= 0.6 is 23.2 Å². The van der Waals surface area contributed by atoms with Crippen molar-refractivity contribution < 1.29 is 23.1 Å². The lowest BCUT2D eigenvalue weighted by Gasteiger charge is -2.34. The van der Waals surface area contributed by atoms with E-state index in [9.17, 15) is 27.9 Å². The number of piperazine rings is 1. The lowest BCUT2D eigenvalue weighted by Crippen LogP contribution is -2.50. The van der Waals surface area contributed by atoms with Crippen LogP contribution in [0.4, 0.5) is 5.82 Å². The minimum atomic E-state index is -4.52. The Morgan fingerprint density at radius 1 is 0.824 bits per heavy atom. The number of halogens is 2. The van der Waals surface area contributed by atoms with E-state index in [1.807, 2.05) is 10.8 Å². The highest BCUT2D eigenvalue weighted by atomic mass is 35.5. The number of nitrogens with zero attached hydrogens (tertiary/aromatic N) is 6. The van der Waals surface area contributed by atoms with Crippen molar-refractivity contribution in [1.82, 2.24) is 23.9 Å². The molecule has 2 atom stereocenters. The molecule has 1 N–H and O–H groups in total. The van der Waals surface area contributed by atoms with Gasteiger partial charge in [0.15, 0.2) is 0 Å². The van der Waals surface area contributed by atoms with E-state index >= 15 is 0 Å². The van der Waals surface area contributed by atoms with Gasteiger partial charge < -0.3 is 14.6 Å². The van der Waals surface area contributed by atoms with Crippen LogP contribution < -0.4 is 9.86 Å². The highest BCUT2D eigenvalue weighted by Crippen LogP contribution is 2.49. The number of aromatic nitrogens is 3. The van der Waals surface area contributed by atoms with E-state index < -0.39 is 39.5 Å². The lowest BCUT2D eigenvalue weighted by atomic mass is 9.94. The number of sulfonamides is 1. The van der Waals surface area contributed by atoms with Crippen molar-refractivity contribution in [2.24, 2.45) is 0 Å². The molecule has 1 amide bonds. The van der Waals surface area contributed by atoms with Gasteiger partial charge in [-0.3, -0.25) is 19.1 Å². The first-order valence-corrected chi connectivity index (χ1v) is 18.3. The largest absolute Gasteiger partial charge is 0.478 e. The van der Waals surface area contributed by atoms with Gasteiger partial charge in [-0.25, -0.2) is 22.5 Å². The molecule has 0 bridgehead atoms. The van der Waals surface area contributed by atoms with Gasteiger partial charge in [-0.1, -0.05) is 53.5 Å². The van der Waals surface area contributed by atoms with Crippen LogP contribution in [0.5, 0.6) is 0 Å². The van der Waals surface area contributed by atoms with Gasteiger partial charge in [-0.15, -0.1) is 0 Å². The third-order valence-corrected chi connectivity index (χ3v) is 11.6. The fourth-order valence-corrected chi connectivity index (χ4v) is 8.67. The van der Waals surface area contributed by atoms with Crippen molar-refractivity contribution in [1.29, 1.82) is 0 Å². The highest BCUT2D eigenvalue weighted by molar-refractivity contribution is 7.92. The number of amides is 1. The number of carbonyl (C=O) groups excluding carboxylic acids is 1. The van der Waals surface area contributed by atoms with Gasteiger partial charge in [0, 0.05) is 61.7 Å². The summed E-state index contributed by atoms with van der Waals surface area (Å²) in [4.78, 5) is 48.2. The van der Waals surface area contributed by atoms with Crippen LogP contribution in [0.3, 0.4) is 0 Å². The minimum Gasteiger partial charge on any atom is -0.478 e. The van der Waals surface area contributed by atoms with Crippen LogP contribution in [0.25, 0.3) is 0 Å². The van der Waals surface area contributed by atoms with Crippen LogP contribution in [0.15, 0.2) is 113 Å². The monoisotopic (exact) mass is 746 g/mol. The third kappa shape index (κ3) is 6.65. The molecule has 1 fully saturated rings. The van der Waals surface area contributed by atoms with E-state index in [4.69, 9.17) is 23.2 Å². The number of hydrogen-bond donors (Lipinski definition) is 1. The van der Waals surface area contributed by atoms with E-state index in [1.54, 1.807) is 66.0 Å². The molecule has 2 aliphatic heterocycles. The molecule has 2 unspecified atom stereocenters. The van der Waals surface area contributed by atoms with Crippen molar-refractivity contribution in [2.45, 2.75) is 23.5 Å². The van der Waals surface area contributed by atoms with Crippen molar-refractivity contribution in [3.05, 3.63) is 146 Å². The van der Waals surface area contributed by atoms with E-state index in [0.717, 1.165) is 23.5 Å². The summed E-state index contributed by atoms with van der Waals surface area (Å²) >= 11 is 12.5. The van der Waals surface area contributed by atoms with Crippen LogP contribution in [0.1, 0.15) is 43.9 Å². The van der Waals surface area contributed by atoms with E-state index in [0.29, 0.717) is 47.4 Å². The number of fused-ring (bicyclic) bond motifs is 1. The molecule has 1 saturated heterocycles. The molecule has 2 aromatic heterocycles. The predicted octanol–water partition coefficient (Wildman–Crippen LogP) is 5.05. The zero-order valence-corrected chi connectivity index (χ0v) is 29.4. The fraction of sp³-hybridized carbons (Fsp3) is 0.222. The van der Waals surface area contributed by atoms with Crippen LogP contribution in [0.2, 0.25) is 10.0 Å². The van der Waals surface area contributed by atoms with Gasteiger partial charge in [0.1, 0.15) is 11.4 Å². The first-order chi connectivity index (χ1) is 24.5. The molecule has 0 spiro atoms. The average Bonchev–Trinajstić information content (AvgIpc) is 3.79. The number of carboxylic acids is 1. The number of pyridine rings is 1. The smallest absolute Gasteiger partial charge is 0.335 e. The topological polar surface area (TPSA) is 138 Å². The van der Waals surface area contributed by atoms with Gasteiger partial charge >= 0.3 is 5.97 Å². The van der Waals surface area contributed by atoms with Crippen molar-refractivity contribution >= 4 is 50.9 Å². The Morgan fingerprint density at radius 2 is 1.47 bits per heavy atom. The Bertz CT molecular complexity index is 2250. The van der Waals surface area contributed by atoms with Gasteiger partial charge in [-0.2, -0.15) is 0 Å². The number of carbonyl (C=O) groups is 2. The van der Waals surface area contributed by atoms with Crippen molar-refractivity contribution in [3.8, 4) is 0 Å². The molecule has 3 aromatic carbocycles. The average molecular weight is 748 g/mol. The molecule has 15 heteroatoms. The van der Waals surface area contributed by atoms with Crippen LogP contribution in [-0.2, 0) is 16.6 Å². The van der Waals surface area contributed by atoms with Gasteiger partial charge in [0.25, 0.3) is 21.5 Å². The van der Waals surface area contributed by atoms with E-state index in [1.165, 1.54) is 34.9 Å². The first kappa shape index (κ1) is 34.5. The predicted molar refractivity (Wildman–Crippen MR) is 192 cm³/mol. The second-order valence-corrected chi connectivity index (χ2v) is 15.0. The summed E-state index contributed by atoms with van der Waals surface area (Å²) in [5.74, 6) is -1.72. The number of imidazole rings is 1. The summed E-state index contributed by atoms with van der Waals surface area (Å²) in [6, 6.07) is 19.2. The Kier molecular flexibility index (Phi) is 9.46. The quantitative estimate of drug-likeness (QED) is 0.221. The number of rotatable bonds is 9. The molecular weight excluding hydrogens is 715 g/mol. The lowest BCUT2D eigenvalue weighted by molar-refractivity contribution is 0.0629. The Labute approximate surface area is 303 Å². The molecule has 262 valence electrons. The Hall–Kier alpha value is -4.95. The zero-order valence-electron chi connectivity index (χ0n) is 27.0. The standard InChI is InChI=1S/C36H32Cl2N6O6S/c37-27-8-4-24(5-9-27)32-33(25-6-10-28(38)11-7-25)44(51(49,50)29-3-1-2-26(22-29)36(47)48)31-13-12-30(35(46)43(31)32)34(45)42-20-18-40(19-21-42)16-17-41-15-14-39-23-41/h1-15,22-23,32-33H,16-21H2,(H,47,48). The van der Waals surface area contributed by atoms with Gasteiger partial charge in [0.05, 0.1) is 28.9 Å². The number of benzene rings is 3. The summed E-state index contributed by atoms with van der Waals surface area (Å²) in [6.07, 6.45) is 5.39. The second kappa shape index (κ2) is 14.0. The first-order valence-electron chi connectivity index (χ1n) is 16.1. The van der Waals surface area contributed by atoms with Crippen molar-refractivity contribution in [3.63, 3.8) is 0 Å². The highest BCUT2D eigenvalue weighted by Gasteiger charge is 2.48. The zero-order chi connectivity index (χ0) is 35.9. The molecule has 7 rings (SSSR count). The maximum Gasteiger partial charge on any atom is 0.335 e. The molecule has 0 aliphatic carbocycles. The number of hydrogen-bond acceptors (Lipinski definition) is 7. The molecule has 51 heavy (non-hydrogen) atoms. The summed E-state index contributed by atoms with van der Waals surface area (Å²) in [5, 5.41) is 10.5. The summed E-state index contributed by atoms with van der Waals surface area (Å²) in [5.41, 5.74) is 0.117. The van der Waals surface area contributed by atoms with E-state index in [-0.39, 0.29) is 21.8 Å². The molecular formula is C36H32Cl2N6O6S. The Balaban J connectivity index is 1.32.